The third kappa shape index (κ3) is 16.0. The quantitative estimate of drug-likeness (QED) is 0.109. The number of rotatable bonds is 24. The van der Waals surface area contributed by atoms with Crippen LogP contribution in [0, 0.1) is 29.1 Å². The van der Waals surface area contributed by atoms with E-state index in [-0.39, 0.29) is 41.5 Å². The van der Waals surface area contributed by atoms with Crippen molar-refractivity contribution in [2.24, 2.45) is 34.8 Å². The minimum atomic E-state index is -0.803. The van der Waals surface area contributed by atoms with Crippen LogP contribution in [0.25, 0.3) is 0 Å². The lowest BCUT2D eigenvalue weighted by Crippen LogP contribution is -2.44. The van der Waals surface area contributed by atoms with Gasteiger partial charge in [0.2, 0.25) is 5.91 Å². The van der Waals surface area contributed by atoms with Crippen molar-refractivity contribution in [3.8, 4) is 11.5 Å². The number of aliphatic hydroxyl groups excluding tert-OH is 1. The number of carbonyl (C=O) groups excluding carboxylic acids is 1. The van der Waals surface area contributed by atoms with E-state index >= 15 is 0 Å². The molecule has 0 aliphatic heterocycles. The SMILES string of the molecule is COCCCOc1cc(C[C@@H](C[C@H](N)[C@@H](O)C[C@H](C(=O)NCC(C)(C)Cn2cc(CN(C(C)C)C(C)C)nn2)C(C)C)C(C)C)ccc1OC.Cl. The van der Waals surface area contributed by atoms with Gasteiger partial charge in [0.15, 0.2) is 11.5 Å². The van der Waals surface area contributed by atoms with Crippen molar-refractivity contribution in [3.05, 3.63) is 35.7 Å². The summed E-state index contributed by atoms with van der Waals surface area (Å²) >= 11 is 0. The number of halogens is 1. The molecular formula is C39H71ClN6O5. The molecule has 12 heteroatoms. The summed E-state index contributed by atoms with van der Waals surface area (Å²) in [6.07, 6.45) is 3.74. The van der Waals surface area contributed by atoms with Crippen LogP contribution >= 0.6 is 12.4 Å². The summed E-state index contributed by atoms with van der Waals surface area (Å²) in [5, 5.41) is 23.3. The molecule has 11 nitrogen and oxygen atoms in total. The third-order valence-corrected chi connectivity index (χ3v) is 9.71. The third-order valence-electron chi connectivity index (χ3n) is 9.71. The zero-order chi connectivity index (χ0) is 37.6. The minimum Gasteiger partial charge on any atom is -0.493 e. The average Bonchev–Trinajstić information content (AvgIpc) is 3.48. The van der Waals surface area contributed by atoms with Gasteiger partial charge in [0.05, 0.1) is 25.5 Å². The van der Waals surface area contributed by atoms with Gasteiger partial charge in [-0.3, -0.25) is 14.4 Å². The van der Waals surface area contributed by atoms with Crippen molar-refractivity contribution < 1.29 is 24.1 Å². The Labute approximate surface area is 315 Å². The Hall–Kier alpha value is -2.44. The summed E-state index contributed by atoms with van der Waals surface area (Å²) in [4.78, 5) is 15.9. The highest BCUT2D eigenvalue weighted by molar-refractivity contribution is 5.85. The Morgan fingerprint density at radius 3 is 2.24 bits per heavy atom. The monoisotopic (exact) mass is 739 g/mol. The van der Waals surface area contributed by atoms with Crippen molar-refractivity contribution in [2.45, 2.75) is 132 Å². The van der Waals surface area contributed by atoms with Crippen LogP contribution in [0.3, 0.4) is 0 Å². The molecule has 0 saturated carbocycles. The Morgan fingerprint density at radius 1 is 1.00 bits per heavy atom. The second-order valence-corrected chi connectivity index (χ2v) is 16.1. The van der Waals surface area contributed by atoms with Gasteiger partial charge in [-0.05, 0) is 82.4 Å². The van der Waals surface area contributed by atoms with Crippen molar-refractivity contribution in [3.63, 3.8) is 0 Å². The number of benzene rings is 1. The Bertz CT molecular complexity index is 1260. The summed E-state index contributed by atoms with van der Waals surface area (Å²) in [5.74, 6) is 1.62. The van der Waals surface area contributed by atoms with Crippen LogP contribution in [-0.4, -0.2) is 89.1 Å². The van der Waals surface area contributed by atoms with Gasteiger partial charge in [-0.15, -0.1) is 17.5 Å². The van der Waals surface area contributed by atoms with E-state index in [1.807, 2.05) is 36.9 Å². The fourth-order valence-corrected chi connectivity index (χ4v) is 6.45. The number of nitrogens with zero attached hydrogens (tertiary/aromatic N) is 4. The zero-order valence-electron chi connectivity index (χ0n) is 33.6. The fraction of sp³-hybridized carbons (Fsp3) is 0.769. The van der Waals surface area contributed by atoms with Gasteiger partial charge in [0, 0.05) is 75.4 Å². The molecule has 294 valence electrons. The van der Waals surface area contributed by atoms with Crippen molar-refractivity contribution in [1.82, 2.24) is 25.2 Å². The van der Waals surface area contributed by atoms with E-state index in [4.69, 9.17) is 19.9 Å². The van der Waals surface area contributed by atoms with Gasteiger partial charge in [-0.1, -0.05) is 52.8 Å². The van der Waals surface area contributed by atoms with E-state index in [9.17, 15) is 9.90 Å². The zero-order valence-corrected chi connectivity index (χ0v) is 34.5. The van der Waals surface area contributed by atoms with Gasteiger partial charge >= 0.3 is 0 Å². The topological polar surface area (TPSA) is 137 Å². The summed E-state index contributed by atoms with van der Waals surface area (Å²) in [6, 6.07) is 6.41. The number of amides is 1. The van der Waals surface area contributed by atoms with E-state index in [1.165, 1.54) is 0 Å². The predicted octanol–water partition coefficient (Wildman–Crippen LogP) is 6.14. The molecule has 1 aromatic carbocycles. The molecule has 0 bridgehead atoms. The van der Waals surface area contributed by atoms with E-state index < -0.39 is 12.1 Å². The van der Waals surface area contributed by atoms with Crippen LogP contribution in [-0.2, 0) is 29.0 Å². The predicted molar refractivity (Wildman–Crippen MR) is 208 cm³/mol. The standard InChI is InChI=1S/C39H70N6O5.ClH/c1-26(2)31(18-30-14-15-36(49-12)37(19-30)50-17-13-16-48-11)20-34(40)35(46)21-33(27(3)4)38(47)41-24-39(9,10)25-44-22-32(42-43-44)23-45(28(5)6)29(7)8;/h14-15,19,22,26-29,31,33-35,46H,13,16-18,20-21,23-25,40H2,1-12H3,(H,41,47);1H/t31-,33-,34-,35-;/m0./s1. The van der Waals surface area contributed by atoms with Crippen molar-refractivity contribution in [2.75, 3.05) is 34.0 Å². The highest BCUT2D eigenvalue weighted by Crippen LogP contribution is 2.32. The molecule has 0 radical (unpaired) electrons. The van der Waals surface area contributed by atoms with Crippen LogP contribution in [0.5, 0.6) is 11.5 Å². The smallest absolute Gasteiger partial charge is 0.223 e. The normalized spacial score (nSPS) is 14.6. The molecule has 0 aliphatic rings. The van der Waals surface area contributed by atoms with Crippen LogP contribution in [0.1, 0.15) is 99.8 Å². The van der Waals surface area contributed by atoms with Crippen LogP contribution in [0.15, 0.2) is 24.4 Å². The Morgan fingerprint density at radius 2 is 1.67 bits per heavy atom. The molecule has 1 aromatic heterocycles. The molecule has 1 heterocycles. The van der Waals surface area contributed by atoms with Crippen LogP contribution in [0.4, 0.5) is 0 Å². The number of methoxy groups -OCH3 is 2. The van der Waals surface area contributed by atoms with Crippen LogP contribution in [0.2, 0.25) is 0 Å². The molecule has 0 unspecified atom stereocenters. The number of ether oxygens (including phenoxy) is 3. The summed E-state index contributed by atoms with van der Waals surface area (Å²) < 4.78 is 18.5. The molecule has 4 N–H and O–H groups in total. The highest BCUT2D eigenvalue weighted by Gasteiger charge is 2.31. The first-order valence-electron chi connectivity index (χ1n) is 18.6. The lowest BCUT2D eigenvalue weighted by atomic mass is 9.80. The first kappa shape index (κ1) is 46.6. The number of hydrogen-bond donors (Lipinski definition) is 3. The second-order valence-electron chi connectivity index (χ2n) is 16.1. The molecule has 2 rings (SSSR count). The fourth-order valence-electron chi connectivity index (χ4n) is 6.45. The molecule has 2 aromatic rings. The van der Waals surface area contributed by atoms with E-state index in [0.29, 0.717) is 68.6 Å². The second kappa shape index (κ2) is 22.6. The van der Waals surface area contributed by atoms with Gasteiger partial charge < -0.3 is 30.4 Å². The lowest BCUT2D eigenvalue weighted by Gasteiger charge is -2.31. The number of aliphatic hydroxyl groups is 1. The molecule has 0 aliphatic carbocycles. The minimum absolute atomic E-state index is 0. The maximum absolute atomic E-state index is 13.5. The van der Waals surface area contributed by atoms with E-state index in [2.05, 4.69) is 82.0 Å². The average molecular weight is 739 g/mol. The van der Waals surface area contributed by atoms with Gasteiger partial charge in [0.25, 0.3) is 0 Å². The van der Waals surface area contributed by atoms with Crippen molar-refractivity contribution >= 4 is 18.3 Å². The molecule has 0 fully saturated rings. The largest absolute Gasteiger partial charge is 0.493 e. The summed E-state index contributed by atoms with van der Waals surface area (Å²) in [5.41, 5.74) is 8.48. The molecule has 1 amide bonds. The number of carbonyl (C=O) groups is 1. The Kier molecular flexibility index (Phi) is 20.6. The van der Waals surface area contributed by atoms with Crippen molar-refractivity contribution in [1.29, 1.82) is 0 Å². The number of nitrogens with two attached hydrogens (primary N) is 1. The summed E-state index contributed by atoms with van der Waals surface area (Å²) in [7, 11) is 3.32. The van der Waals surface area contributed by atoms with E-state index in [0.717, 1.165) is 30.6 Å². The number of nitrogens with one attached hydrogen (secondary N) is 1. The van der Waals surface area contributed by atoms with Gasteiger partial charge in [0.1, 0.15) is 0 Å². The highest BCUT2D eigenvalue weighted by atomic mass is 35.5. The Balaban J connectivity index is 0.0000130. The lowest BCUT2D eigenvalue weighted by molar-refractivity contribution is -0.128. The van der Waals surface area contributed by atoms with Crippen LogP contribution < -0.4 is 20.5 Å². The molecule has 4 atom stereocenters. The molecule has 0 saturated heterocycles. The summed E-state index contributed by atoms with van der Waals surface area (Å²) in [6.45, 7) is 24.4. The van der Waals surface area contributed by atoms with Gasteiger partial charge in [-0.2, -0.15) is 0 Å². The molecule has 51 heavy (non-hydrogen) atoms. The maximum Gasteiger partial charge on any atom is 0.223 e. The molecule has 0 spiro atoms. The maximum atomic E-state index is 13.5. The number of hydrogen-bond acceptors (Lipinski definition) is 9. The first-order chi connectivity index (χ1) is 23.5. The van der Waals surface area contributed by atoms with Gasteiger partial charge in [-0.25, -0.2) is 0 Å². The number of aromatic nitrogens is 3. The molecular weight excluding hydrogens is 668 g/mol. The van der Waals surface area contributed by atoms with E-state index in [1.54, 1.807) is 14.2 Å². The first-order valence-corrected chi connectivity index (χ1v) is 18.6.